The van der Waals surface area contributed by atoms with Crippen LogP contribution in [0, 0.1) is 13.8 Å². The molecule has 0 aliphatic rings. The van der Waals surface area contributed by atoms with Crippen molar-refractivity contribution in [2.45, 2.75) is 33.2 Å². The third-order valence-corrected chi connectivity index (χ3v) is 3.92. The molecule has 21 heavy (non-hydrogen) atoms. The summed E-state index contributed by atoms with van der Waals surface area (Å²) in [4.78, 5) is 0. The van der Waals surface area contributed by atoms with Crippen molar-refractivity contribution in [3.63, 3.8) is 0 Å². The van der Waals surface area contributed by atoms with Gasteiger partial charge in [0, 0.05) is 15.5 Å². The normalized spacial score (nSPS) is 12.3. The van der Waals surface area contributed by atoms with Crippen LogP contribution in [0.5, 0.6) is 11.5 Å². The minimum Gasteiger partial charge on any atom is -0.456 e. The molecule has 0 amide bonds. The molecule has 0 aliphatic heterocycles. The number of benzene rings is 2. The van der Waals surface area contributed by atoms with Crippen molar-refractivity contribution in [1.82, 2.24) is 0 Å². The monoisotopic (exact) mass is 367 g/mol. The summed E-state index contributed by atoms with van der Waals surface area (Å²) in [5, 5.41) is 0.724. The van der Waals surface area contributed by atoms with Crippen molar-refractivity contribution in [3.05, 3.63) is 56.5 Å². The van der Waals surface area contributed by atoms with E-state index in [2.05, 4.69) is 15.9 Å². The van der Waals surface area contributed by atoms with E-state index in [9.17, 15) is 0 Å². The highest BCUT2D eigenvalue weighted by Gasteiger charge is 2.12. The maximum absolute atomic E-state index is 6.16. The lowest BCUT2D eigenvalue weighted by Gasteiger charge is -2.16. The highest BCUT2D eigenvalue weighted by atomic mass is 79.9. The maximum atomic E-state index is 6.16. The van der Waals surface area contributed by atoms with Crippen LogP contribution >= 0.6 is 27.5 Å². The van der Waals surface area contributed by atoms with Gasteiger partial charge in [-0.05, 0) is 68.1 Å². The summed E-state index contributed by atoms with van der Waals surface area (Å²) >= 11 is 9.56. The summed E-state index contributed by atoms with van der Waals surface area (Å²) in [5.41, 5.74) is 9.06. The smallest absolute Gasteiger partial charge is 0.133 e. The topological polar surface area (TPSA) is 35.2 Å². The molecule has 0 fully saturated rings. The fourth-order valence-corrected chi connectivity index (χ4v) is 2.97. The minimum absolute atomic E-state index is 0.0842. The molecular formula is C17H19BrClNO. The largest absolute Gasteiger partial charge is 0.456 e. The van der Waals surface area contributed by atoms with Crippen LogP contribution in [0.4, 0.5) is 0 Å². The van der Waals surface area contributed by atoms with Gasteiger partial charge in [-0.15, -0.1) is 0 Å². The molecule has 2 nitrogen and oxygen atoms in total. The Kier molecular flexibility index (Phi) is 5.31. The lowest BCUT2D eigenvalue weighted by molar-refractivity contribution is 0.466. The van der Waals surface area contributed by atoms with E-state index < -0.39 is 0 Å². The summed E-state index contributed by atoms with van der Waals surface area (Å²) in [5.74, 6) is 1.68. The molecule has 0 bridgehead atoms. The quantitative estimate of drug-likeness (QED) is 0.784. The fourth-order valence-electron chi connectivity index (χ4n) is 2.31. The molecule has 0 saturated carbocycles. The SMILES string of the molecule is Cc1cc(Cl)cc(C)c1Oc1cc(Br)ccc1CC(C)N. The average Bonchev–Trinajstić information content (AvgIpc) is 2.36. The third-order valence-electron chi connectivity index (χ3n) is 3.21. The lowest BCUT2D eigenvalue weighted by atomic mass is 10.1. The molecule has 112 valence electrons. The van der Waals surface area contributed by atoms with Crippen molar-refractivity contribution in [3.8, 4) is 11.5 Å². The molecule has 1 unspecified atom stereocenters. The Labute approximate surface area is 139 Å². The van der Waals surface area contributed by atoms with Crippen LogP contribution in [0.1, 0.15) is 23.6 Å². The van der Waals surface area contributed by atoms with E-state index in [1.54, 1.807) is 0 Å². The van der Waals surface area contributed by atoms with Gasteiger partial charge in [-0.25, -0.2) is 0 Å². The van der Waals surface area contributed by atoms with Gasteiger partial charge in [0.05, 0.1) is 0 Å². The fraction of sp³-hybridized carbons (Fsp3) is 0.294. The number of ether oxygens (including phenoxy) is 1. The van der Waals surface area contributed by atoms with Gasteiger partial charge in [-0.3, -0.25) is 0 Å². The first-order valence-electron chi connectivity index (χ1n) is 6.85. The molecule has 2 N–H and O–H groups in total. The Bertz CT molecular complexity index is 632. The summed E-state index contributed by atoms with van der Waals surface area (Å²) in [6, 6.07) is 9.93. The van der Waals surface area contributed by atoms with Crippen molar-refractivity contribution in [2.75, 3.05) is 0 Å². The number of hydrogen-bond acceptors (Lipinski definition) is 2. The second kappa shape index (κ2) is 6.82. The predicted octanol–water partition coefficient (Wildman–Crippen LogP) is 5.40. The molecular weight excluding hydrogens is 350 g/mol. The number of nitrogens with two attached hydrogens (primary N) is 1. The highest BCUT2D eigenvalue weighted by Crippen LogP contribution is 2.34. The zero-order chi connectivity index (χ0) is 15.6. The van der Waals surface area contributed by atoms with Crippen LogP contribution in [0.2, 0.25) is 5.02 Å². The molecule has 2 rings (SSSR count). The second-order valence-corrected chi connectivity index (χ2v) is 6.76. The van der Waals surface area contributed by atoms with Gasteiger partial charge in [-0.1, -0.05) is 33.6 Å². The van der Waals surface area contributed by atoms with Gasteiger partial charge < -0.3 is 10.5 Å². The highest BCUT2D eigenvalue weighted by molar-refractivity contribution is 9.10. The summed E-state index contributed by atoms with van der Waals surface area (Å²) in [6.45, 7) is 5.99. The molecule has 0 aromatic heterocycles. The summed E-state index contributed by atoms with van der Waals surface area (Å²) in [6.07, 6.45) is 0.772. The van der Waals surface area contributed by atoms with E-state index in [0.29, 0.717) is 0 Å². The third kappa shape index (κ3) is 4.22. The van der Waals surface area contributed by atoms with Crippen LogP contribution in [0.15, 0.2) is 34.8 Å². The Hall–Kier alpha value is -1.03. The standard InChI is InChI=1S/C17H19BrClNO/c1-10-6-15(19)7-11(2)17(10)21-16-9-14(18)5-4-13(16)8-12(3)20/h4-7,9,12H,8,20H2,1-3H3. The number of halogens is 2. The van der Waals surface area contributed by atoms with Crippen LogP contribution in [0.25, 0.3) is 0 Å². The van der Waals surface area contributed by atoms with Gasteiger partial charge in [0.25, 0.3) is 0 Å². The van der Waals surface area contributed by atoms with Crippen LogP contribution < -0.4 is 10.5 Å². The first-order chi connectivity index (χ1) is 9.86. The molecule has 0 heterocycles. The van der Waals surface area contributed by atoms with Crippen molar-refractivity contribution >= 4 is 27.5 Å². The lowest BCUT2D eigenvalue weighted by Crippen LogP contribution is -2.18. The van der Waals surface area contributed by atoms with E-state index in [-0.39, 0.29) is 6.04 Å². The van der Waals surface area contributed by atoms with E-state index in [4.69, 9.17) is 22.1 Å². The van der Waals surface area contributed by atoms with Gasteiger partial charge in [0.15, 0.2) is 0 Å². The molecule has 2 aromatic carbocycles. The van der Waals surface area contributed by atoms with Crippen molar-refractivity contribution in [2.24, 2.45) is 5.73 Å². The zero-order valence-corrected chi connectivity index (χ0v) is 14.8. The number of hydrogen-bond donors (Lipinski definition) is 1. The zero-order valence-electron chi connectivity index (χ0n) is 12.4. The van der Waals surface area contributed by atoms with Gasteiger partial charge in [-0.2, -0.15) is 0 Å². The molecule has 0 saturated heterocycles. The van der Waals surface area contributed by atoms with E-state index in [0.717, 1.165) is 44.1 Å². The first kappa shape index (κ1) is 16.3. The Morgan fingerprint density at radius 2 is 1.81 bits per heavy atom. The van der Waals surface area contributed by atoms with Crippen LogP contribution in [0.3, 0.4) is 0 Å². The van der Waals surface area contributed by atoms with Crippen LogP contribution in [-0.4, -0.2) is 6.04 Å². The second-order valence-electron chi connectivity index (χ2n) is 5.40. The van der Waals surface area contributed by atoms with Crippen molar-refractivity contribution in [1.29, 1.82) is 0 Å². The van der Waals surface area contributed by atoms with Crippen LogP contribution in [-0.2, 0) is 6.42 Å². The molecule has 2 aromatic rings. The summed E-state index contributed by atoms with van der Waals surface area (Å²) in [7, 11) is 0. The molecule has 4 heteroatoms. The van der Waals surface area contributed by atoms with E-state index in [1.807, 2.05) is 51.1 Å². The van der Waals surface area contributed by atoms with Gasteiger partial charge in [0.1, 0.15) is 11.5 Å². The van der Waals surface area contributed by atoms with Crippen molar-refractivity contribution < 1.29 is 4.74 Å². The van der Waals surface area contributed by atoms with Gasteiger partial charge in [0.2, 0.25) is 0 Å². The summed E-state index contributed by atoms with van der Waals surface area (Å²) < 4.78 is 7.15. The van der Waals surface area contributed by atoms with Gasteiger partial charge >= 0.3 is 0 Å². The predicted molar refractivity (Wildman–Crippen MR) is 92.5 cm³/mol. The Morgan fingerprint density at radius 3 is 2.38 bits per heavy atom. The number of rotatable bonds is 4. The first-order valence-corrected chi connectivity index (χ1v) is 8.02. The molecule has 0 aliphatic carbocycles. The Morgan fingerprint density at radius 1 is 1.19 bits per heavy atom. The van der Waals surface area contributed by atoms with E-state index in [1.165, 1.54) is 0 Å². The number of aryl methyl sites for hydroxylation is 2. The minimum atomic E-state index is 0.0842. The average molecular weight is 369 g/mol. The molecule has 1 atom stereocenters. The molecule has 0 spiro atoms. The molecule has 0 radical (unpaired) electrons. The maximum Gasteiger partial charge on any atom is 0.133 e. The Balaban J connectivity index is 2.41. The van der Waals surface area contributed by atoms with E-state index >= 15 is 0 Å².